The fourth-order valence-corrected chi connectivity index (χ4v) is 1.70. The maximum Gasteiger partial charge on any atom is 0.0930 e. The summed E-state index contributed by atoms with van der Waals surface area (Å²) in [5, 5.41) is 13.6. The molecule has 1 heterocycles. The Morgan fingerprint density at radius 2 is 2.00 bits per heavy atom. The lowest BCUT2D eigenvalue weighted by atomic mass is 10.1. The van der Waals surface area contributed by atoms with Gasteiger partial charge in [0.05, 0.1) is 11.4 Å². The zero-order valence-corrected chi connectivity index (χ0v) is 9.45. The average Bonchev–Trinajstić information content (AvgIpc) is 2.39. The van der Waals surface area contributed by atoms with Crippen molar-refractivity contribution in [3.8, 4) is 11.3 Å². The highest BCUT2D eigenvalue weighted by molar-refractivity contribution is 7.97. The molecule has 2 rings (SSSR count). The van der Waals surface area contributed by atoms with Crippen LogP contribution in [0.2, 0.25) is 0 Å². The molecule has 0 spiro atoms. The topological polar surface area (TPSA) is 77.8 Å². The van der Waals surface area contributed by atoms with Crippen molar-refractivity contribution in [2.75, 3.05) is 0 Å². The van der Waals surface area contributed by atoms with Gasteiger partial charge in [-0.25, -0.2) is 0 Å². The van der Waals surface area contributed by atoms with Crippen LogP contribution in [0, 0.1) is 0 Å². The molecular formula is C11H12N4S. The van der Waals surface area contributed by atoms with E-state index >= 15 is 0 Å². The number of hydrogen-bond acceptors (Lipinski definition) is 5. The first kappa shape index (κ1) is 11.1. The van der Waals surface area contributed by atoms with Gasteiger partial charge >= 0.3 is 0 Å². The molecule has 0 unspecified atom stereocenters. The fraction of sp³-hybridized carbons (Fsp3) is 0.0909. The Kier molecular flexibility index (Phi) is 3.51. The van der Waals surface area contributed by atoms with E-state index in [2.05, 4.69) is 10.2 Å². The van der Waals surface area contributed by atoms with Crippen LogP contribution in [0.15, 0.2) is 41.3 Å². The van der Waals surface area contributed by atoms with Gasteiger partial charge in [0.15, 0.2) is 0 Å². The number of aromatic nitrogens is 2. The molecule has 1 aromatic heterocycles. The molecule has 2 aromatic rings. The van der Waals surface area contributed by atoms with E-state index in [1.165, 1.54) is 11.9 Å². The van der Waals surface area contributed by atoms with Crippen LogP contribution in [0.5, 0.6) is 0 Å². The molecule has 0 atom stereocenters. The van der Waals surface area contributed by atoms with Gasteiger partial charge in [0, 0.05) is 17.0 Å². The Hall–Kier alpha value is -1.43. The molecule has 0 fully saturated rings. The number of nitrogens with zero attached hydrogens (tertiary/aromatic N) is 2. The number of benzene rings is 1. The van der Waals surface area contributed by atoms with Crippen molar-refractivity contribution >= 4 is 11.9 Å². The molecule has 0 radical (unpaired) electrons. The predicted octanol–water partition coefficient (Wildman–Crippen LogP) is 1.57. The zero-order chi connectivity index (χ0) is 11.4. The van der Waals surface area contributed by atoms with Gasteiger partial charge in [0.2, 0.25) is 0 Å². The van der Waals surface area contributed by atoms with E-state index in [0.29, 0.717) is 6.54 Å². The quantitative estimate of drug-likeness (QED) is 0.785. The molecule has 0 aliphatic rings. The Balaban J connectivity index is 2.34. The summed E-state index contributed by atoms with van der Waals surface area (Å²) in [5.74, 6) is 0. The van der Waals surface area contributed by atoms with Crippen LogP contribution < -0.4 is 10.9 Å². The van der Waals surface area contributed by atoms with Crippen molar-refractivity contribution < 1.29 is 0 Å². The molecule has 1 aromatic carbocycles. The van der Waals surface area contributed by atoms with Gasteiger partial charge in [-0.2, -0.15) is 10.2 Å². The first-order valence-corrected chi connectivity index (χ1v) is 5.71. The van der Waals surface area contributed by atoms with Gasteiger partial charge in [0.1, 0.15) is 0 Å². The molecule has 0 aliphatic carbocycles. The number of rotatable bonds is 3. The molecule has 0 saturated carbocycles. The van der Waals surface area contributed by atoms with Crippen molar-refractivity contribution in [2.24, 2.45) is 10.9 Å². The van der Waals surface area contributed by atoms with Crippen LogP contribution >= 0.6 is 11.9 Å². The van der Waals surface area contributed by atoms with Crippen molar-refractivity contribution in [3.63, 3.8) is 0 Å². The molecule has 4 N–H and O–H groups in total. The molecule has 82 valence electrons. The van der Waals surface area contributed by atoms with E-state index in [1.54, 1.807) is 0 Å². The minimum atomic E-state index is 0.409. The van der Waals surface area contributed by atoms with Crippen molar-refractivity contribution in [2.45, 2.75) is 11.4 Å². The van der Waals surface area contributed by atoms with E-state index in [4.69, 9.17) is 10.9 Å². The van der Waals surface area contributed by atoms with Crippen LogP contribution in [0.4, 0.5) is 0 Å². The summed E-state index contributed by atoms with van der Waals surface area (Å²) in [5.41, 5.74) is 8.08. The summed E-state index contributed by atoms with van der Waals surface area (Å²) in [6.07, 6.45) is 0. The molecule has 16 heavy (non-hydrogen) atoms. The van der Waals surface area contributed by atoms with E-state index in [9.17, 15) is 0 Å². The molecule has 0 bridgehead atoms. The zero-order valence-electron chi connectivity index (χ0n) is 8.63. The molecule has 5 heteroatoms. The van der Waals surface area contributed by atoms with Gasteiger partial charge in [-0.3, -0.25) is 5.14 Å². The maximum absolute atomic E-state index is 5.51. The molecular weight excluding hydrogens is 220 g/mol. The lowest BCUT2D eigenvalue weighted by Gasteiger charge is -2.02. The summed E-state index contributed by atoms with van der Waals surface area (Å²) >= 11 is 1.22. The Bertz CT molecular complexity index is 470. The van der Waals surface area contributed by atoms with Crippen molar-refractivity contribution in [1.29, 1.82) is 0 Å². The Labute approximate surface area is 98.2 Å². The molecule has 4 nitrogen and oxygen atoms in total. The third-order valence-corrected chi connectivity index (χ3v) is 2.72. The summed E-state index contributed by atoms with van der Waals surface area (Å²) in [7, 11) is 0. The SMILES string of the molecule is NCc1ccc(-c2cccc(SN)c2)nn1. The highest BCUT2D eigenvalue weighted by Crippen LogP contribution is 2.21. The van der Waals surface area contributed by atoms with Crippen LogP contribution in [-0.2, 0) is 6.54 Å². The van der Waals surface area contributed by atoms with Crippen molar-refractivity contribution in [3.05, 3.63) is 42.1 Å². The van der Waals surface area contributed by atoms with E-state index in [0.717, 1.165) is 21.8 Å². The van der Waals surface area contributed by atoms with E-state index in [-0.39, 0.29) is 0 Å². The highest BCUT2D eigenvalue weighted by atomic mass is 32.2. The summed E-state index contributed by atoms with van der Waals surface area (Å²) in [6, 6.07) is 11.7. The fourth-order valence-electron chi connectivity index (χ4n) is 1.35. The van der Waals surface area contributed by atoms with Gasteiger partial charge < -0.3 is 5.73 Å². The lowest BCUT2D eigenvalue weighted by molar-refractivity contribution is 0.902. The smallest absolute Gasteiger partial charge is 0.0930 e. The molecule has 0 saturated heterocycles. The van der Waals surface area contributed by atoms with Crippen LogP contribution in [0.25, 0.3) is 11.3 Å². The molecule has 0 amide bonds. The standard InChI is InChI=1S/C11H12N4S/c12-7-9-4-5-11(15-14-9)8-2-1-3-10(6-8)16-13/h1-6H,7,12-13H2. The van der Waals surface area contributed by atoms with Crippen LogP contribution in [-0.4, -0.2) is 10.2 Å². The van der Waals surface area contributed by atoms with Gasteiger partial charge in [-0.1, -0.05) is 12.1 Å². The summed E-state index contributed by atoms with van der Waals surface area (Å²) in [6.45, 7) is 0.409. The van der Waals surface area contributed by atoms with Crippen LogP contribution in [0.1, 0.15) is 5.69 Å². The van der Waals surface area contributed by atoms with Crippen molar-refractivity contribution in [1.82, 2.24) is 10.2 Å². The van der Waals surface area contributed by atoms with Gasteiger partial charge in [0.25, 0.3) is 0 Å². The highest BCUT2D eigenvalue weighted by Gasteiger charge is 2.01. The number of hydrogen-bond donors (Lipinski definition) is 2. The van der Waals surface area contributed by atoms with Crippen LogP contribution in [0.3, 0.4) is 0 Å². The predicted molar refractivity (Wildman–Crippen MR) is 65.4 cm³/mol. The second kappa shape index (κ2) is 5.07. The average molecular weight is 232 g/mol. The second-order valence-electron chi connectivity index (χ2n) is 3.26. The Morgan fingerprint density at radius 3 is 2.62 bits per heavy atom. The van der Waals surface area contributed by atoms with E-state index < -0.39 is 0 Å². The maximum atomic E-state index is 5.51. The first-order valence-electron chi connectivity index (χ1n) is 4.83. The number of nitrogens with two attached hydrogens (primary N) is 2. The minimum absolute atomic E-state index is 0.409. The van der Waals surface area contributed by atoms with Gasteiger partial charge in [-0.05, 0) is 36.2 Å². The third-order valence-electron chi connectivity index (χ3n) is 2.19. The Morgan fingerprint density at radius 1 is 1.12 bits per heavy atom. The van der Waals surface area contributed by atoms with Gasteiger partial charge in [-0.15, -0.1) is 0 Å². The molecule has 0 aliphatic heterocycles. The first-order chi connectivity index (χ1) is 7.83. The largest absolute Gasteiger partial charge is 0.325 e. The monoisotopic (exact) mass is 232 g/mol. The summed E-state index contributed by atoms with van der Waals surface area (Å²) < 4.78 is 0. The normalized spacial score (nSPS) is 10.4. The minimum Gasteiger partial charge on any atom is -0.325 e. The second-order valence-corrected chi connectivity index (χ2v) is 3.97. The lowest BCUT2D eigenvalue weighted by Crippen LogP contribution is -2.01. The summed E-state index contributed by atoms with van der Waals surface area (Å²) in [4.78, 5) is 1.00. The van der Waals surface area contributed by atoms with E-state index in [1.807, 2.05) is 36.4 Å². The third kappa shape index (κ3) is 2.38.